The van der Waals surface area contributed by atoms with E-state index in [-0.39, 0.29) is 23.3 Å². The molecular formula is C24H28N4O2. The normalized spacial score (nSPS) is 16.8. The van der Waals surface area contributed by atoms with Crippen molar-refractivity contribution in [1.82, 2.24) is 20.2 Å². The number of H-pyrrole nitrogens is 1. The van der Waals surface area contributed by atoms with Gasteiger partial charge in [0.05, 0.1) is 17.4 Å². The van der Waals surface area contributed by atoms with Gasteiger partial charge in [0.1, 0.15) is 0 Å². The Hall–Kier alpha value is -3.15. The van der Waals surface area contributed by atoms with Crippen molar-refractivity contribution in [2.75, 3.05) is 13.6 Å². The zero-order valence-corrected chi connectivity index (χ0v) is 18.0. The van der Waals surface area contributed by atoms with Crippen molar-refractivity contribution in [2.45, 2.75) is 39.7 Å². The Morgan fingerprint density at radius 1 is 1.10 bits per heavy atom. The number of rotatable bonds is 2. The number of carbonyl (C=O) groups is 2. The van der Waals surface area contributed by atoms with Crippen LogP contribution in [0.4, 0.5) is 0 Å². The molecule has 0 spiro atoms. The van der Waals surface area contributed by atoms with Crippen LogP contribution in [-0.2, 0) is 12.8 Å². The minimum absolute atomic E-state index is 0.0173. The van der Waals surface area contributed by atoms with Crippen LogP contribution in [0, 0.1) is 5.41 Å². The number of imidazole rings is 1. The third-order valence-corrected chi connectivity index (χ3v) is 6.03. The molecule has 0 saturated carbocycles. The van der Waals surface area contributed by atoms with Gasteiger partial charge in [-0.1, -0.05) is 26.8 Å². The second kappa shape index (κ2) is 7.59. The van der Waals surface area contributed by atoms with E-state index in [2.05, 4.69) is 36.1 Å². The Kier molecular flexibility index (Phi) is 5.10. The molecule has 0 aliphatic carbocycles. The maximum absolute atomic E-state index is 13.6. The Morgan fingerprint density at radius 3 is 2.60 bits per heavy atom. The summed E-state index contributed by atoms with van der Waals surface area (Å²) in [4.78, 5) is 35.0. The minimum atomic E-state index is -0.113. The van der Waals surface area contributed by atoms with Gasteiger partial charge in [-0.3, -0.25) is 9.59 Å². The summed E-state index contributed by atoms with van der Waals surface area (Å²) in [7, 11) is 1.64. The van der Waals surface area contributed by atoms with Gasteiger partial charge < -0.3 is 15.2 Å². The standard InChI is InChI=1S/C24H28N4O2/c1-24(2,3)21-13-18-11-16(22(29)25-4)6-5-15(18)9-10-28(21)23(30)17-7-8-19-20(12-17)27-14-26-19/h5-8,11-12,14,21H,9-10,13H2,1-4H3,(H,25,29)(H,26,27). The van der Waals surface area contributed by atoms with Crippen molar-refractivity contribution in [3.8, 4) is 0 Å². The van der Waals surface area contributed by atoms with Gasteiger partial charge in [0.25, 0.3) is 11.8 Å². The van der Waals surface area contributed by atoms with Crippen molar-refractivity contribution >= 4 is 22.8 Å². The Balaban J connectivity index is 1.70. The first-order valence-corrected chi connectivity index (χ1v) is 10.4. The van der Waals surface area contributed by atoms with E-state index in [1.165, 1.54) is 5.56 Å². The second-order valence-electron chi connectivity index (χ2n) is 9.03. The lowest BCUT2D eigenvalue weighted by Crippen LogP contribution is -2.48. The maximum atomic E-state index is 13.6. The number of nitrogens with one attached hydrogen (secondary N) is 2. The van der Waals surface area contributed by atoms with E-state index in [0.29, 0.717) is 17.7 Å². The summed E-state index contributed by atoms with van der Waals surface area (Å²) in [5.41, 5.74) is 5.28. The summed E-state index contributed by atoms with van der Waals surface area (Å²) in [6.07, 6.45) is 3.14. The molecule has 156 valence electrons. The van der Waals surface area contributed by atoms with Gasteiger partial charge in [-0.15, -0.1) is 0 Å². The van der Waals surface area contributed by atoms with Crippen LogP contribution in [0.3, 0.4) is 0 Å². The van der Waals surface area contributed by atoms with Crippen molar-refractivity contribution in [2.24, 2.45) is 5.41 Å². The highest BCUT2D eigenvalue weighted by atomic mass is 16.2. The lowest BCUT2D eigenvalue weighted by molar-refractivity contribution is 0.0532. The Labute approximate surface area is 176 Å². The highest BCUT2D eigenvalue weighted by Gasteiger charge is 2.36. The van der Waals surface area contributed by atoms with Crippen LogP contribution in [0.15, 0.2) is 42.7 Å². The summed E-state index contributed by atoms with van der Waals surface area (Å²) < 4.78 is 0. The molecule has 4 rings (SSSR count). The van der Waals surface area contributed by atoms with Crippen LogP contribution in [0.5, 0.6) is 0 Å². The lowest BCUT2D eigenvalue weighted by atomic mass is 9.81. The van der Waals surface area contributed by atoms with E-state index in [4.69, 9.17) is 0 Å². The number of carbonyl (C=O) groups excluding carboxylic acids is 2. The molecule has 0 bridgehead atoms. The Bertz CT molecular complexity index is 1110. The molecule has 1 aliphatic rings. The van der Waals surface area contributed by atoms with E-state index in [1.54, 1.807) is 13.4 Å². The molecule has 1 atom stereocenters. The topological polar surface area (TPSA) is 78.1 Å². The molecular weight excluding hydrogens is 376 g/mol. The molecule has 2 aromatic carbocycles. The number of aromatic nitrogens is 2. The number of nitrogens with zero attached hydrogens (tertiary/aromatic N) is 2. The first-order chi connectivity index (χ1) is 14.3. The van der Waals surface area contributed by atoms with Gasteiger partial charge in [-0.05, 0) is 59.7 Å². The lowest BCUT2D eigenvalue weighted by Gasteiger charge is -2.39. The van der Waals surface area contributed by atoms with E-state index in [1.807, 2.05) is 41.3 Å². The van der Waals surface area contributed by atoms with E-state index >= 15 is 0 Å². The number of hydrogen-bond acceptors (Lipinski definition) is 3. The fraction of sp³-hybridized carbons (Fsp3) is 0.375. The smallest absolute Gasteiger partial charge is 0.254 e. The summed E-state index contributed by atoms with van der Waals surface area (Å²) in [5, 5.41) is 2.69. The number of amides is 2. The predicted octanol–water partition coefficient (Wildman–Crippen LogP) is 3.58. The van der Waals surface area contributed by atoms with Crippen LogP contribution in [0.25, 0.3) is 11.0 Å². The van der Waals surface area contributed by atoms with Crippen molar-refractivity contribution < 1.29 is 9.59 Å². The third-order valence-electron chi connectivity index (χ3n) is 6.03. The average molecular weight is 405 g/mol. The fourth-order valence-electron chi connectivity index (χ4n) is 4.31. The largest absolute Gasteiger partial charge is 0.355 e. The SMILES string of the molecule is CNC(=O)c1ccc2c(c1)CC(C(C)(C)C)N(C(=O)c1ccc3nc[nH]c3c1)CC2. The molecule has 6 nitrogen and oxygen atoms in total. The zero-order valence-electron chi connectivity index (χ0n) is 18.0. The summed E-state index contributed by atoms with van der Waals surface area (Å²) >= 11 is 0. The van der Waals surface area contributed by atoms with Crippen LogP contribution in [0.2, 0.25) is 0 Å². The predicted molar refractivity (Wildman–Crippen MR) is 118 cm³/mol. The monoisotopic (exact) mass is 404 g/mol. The fourth-order valence-corrected chi connectivity index (χ4v) is 4.31. The van der Waals surface area contributed by atoms with Gasteiger partial charge in [0.15, 0.2) is 0 Å². The van der Waals surface area contributed by atoms with Gasteiger partial charge >= 0.3 is 0 Å². The minimum Gasteiger partial charge on any atom is -0.355 e. The van der Waals surface area contributed by atoms with E-state index < -0.39 is 0 Å². The first kappa shape index (κ1) is 20.1. The van der Waals surface area contributed by atoms with Crippen LogP contribution < -0.4 is 5.32 Å². The summed E-state index contributed by atoms with van der Waals surface area (Å²) in [5.74, 6) is -0.0547. The molecule has 2 heterocycles. The molecule has 1 aromatic heterocycles. The molecule has 3 aromatic rings. The van der Waals surface area contributed by atoms with Crippen LogP contribution in [-0.4, -0.2) is 46.3 Å². The Morgan fingerprint density at radius 2 is 1.87 bits per heavy atom. The zero-order chi connectivity index (χ0) is 21.5. The van der Waals surface area contributed by atoms with Gasteiger partial charge in [0, 0.05) is 30.8 Å². The third kappa shape index (κ3) is 3.70. The number of aromatic amines is 1. The van der Waals surface area contributed by atoms with Gasteiger partial charge in [0.2, 0.25) is 0 Å². The molecule has 2 N–H and O–H groups in total. The quantitative estimate of drug-likeness (QED) is 0.685. The molecule has 0 saturated heterocycles. The van der Waals surface area contributed by atoms with Crippen molar-refractivity contribution in [1.29, 1.82) is 0 Å². The molecule has 30 heavy (non-hydrogen) atoms. The van der Waals surface area contributed by atoms with E-state index in [0.717, 1.165) is 29.4 Å². The summed E-state index contributed by atoms with van der Waals surface area (Å²) in [6.45, 7) is 7.16. The van der Waals surface area contributed by atoms with Crippen LogP contribution >= 0.6 is 0 Å². The highest BCUT2D eigenvalue weighted by Crippen LogP contribution is 2.33. The van der Waals surface area contributed by atoms with E-state index in [9.17, 15) is 9.59 Å². The summed E-state index contributed by atoms with van der Waals surface area (Å²) in [6, 6.07) is 11.5. The number of benzene rings is 2. The van der Waals surface area contributed by atoms with Crippen molar-refractivity contribution in [3.63, 3.8) is 0 Å². The molecule has 0 radical (unpaired) electrons. The number of fused-ring (bicyclic) bond motifs is 2. The molecule has 6 heteroatoms. The first-order valence-electron chi connectivity index (χ1n) is 10.4. The highest BCUT2D eigenvalue weighted by molar-refractivity contribution is 5.97. The molecule has 1 unspecified atom stereocenters. The number of hydrogen-bond donors (Lipinski definition) is 2. The van der Waals surface area contributed by atoms with Crippen molar-refractivity contribution in [3.05, 3.63) is 65.0 Å². The van der Waals surface area contributed by atoms with Gasteiger partial charge in [-0.2, -0.15) is 0 Å². The average Bonchev–Trinajstić information content (AvgIpc) is 3.10. The molecule has 1 aliphatic heterocycles. The van der Waals surface area contributed by atoms with Crippen LogP contribution in [0.1, 0.15) is 52.6 Å². The second-order valence-corrected chi connectivity index (χ2v) is 9.03. The van der Waals surface area contributed by atoms with Gasteiger partial charge in [-0.25, -0.2) is 4.98 Å². The maximum Gasteiger partial charge on any atom is 0.254 e. The molecule has 2 amide bonds. The molecule has 0 fully saturated rings.